The van der Waals surface area contributed by atoms with Crippen LogP contribution in [0.4, 0.5) is 0 Å². The molecule has 0 aliphatic carbocycles. The van der Waals surface area contributed by atoms with Crippen LogP contribution in [-0.4, -0.2) is 13.0 Å². The van der Waals surface area contributed by atoms with Crippen LogP contribution in [0.2, 0.25) is 0 Å². The largest absolute Gasteiger partial charge is 0.354 e. The fraction of sp³-hybridized carbons (Fsp3) is 0.222. The number of rotatable bonds is 1. The number of aryl methyl sites for hydroxylation is 1. The van der Waals surface area contributed by atoms with Gasteiger partial charge in [0.1, 0.15) is 0 Å². The van der Waals surface area contributed by atoms with E-state index in [4.69, 9.17) is 0 Å². The van der Waals surface area contributed by atoms with Crippen LogP contribution in [0.15, 0.2) is 11.4 Å². The maximum Gasteiger partial charge on any atom is 0.261 e. The van der Waals surface area contributed by atoms with E-state index < -0.39 is 0 Å². The molecule has 2 aromatic rings. The third kappa shape index (κ3) is 1.26. The summed E-state index contributed by atoms with van der Waals surface area (Å²) in [6.07, 6.45) is 0. The smallest absolute Gasteiger partial charge is 0.261 e. The highest BCUT2D eigenvalue weighted by atomic mass is 32.1. The molecule has 0 atom stereocenters. The van der Waals surface area contributed by atoms with Gasteiger partial charge in [0, 0.05) is 16.4 Å². The van der Waals surface area contributed by atoms with Crippen molar-refractivity contribution in [2.24, 2.45) is 0 Å². The van der Waals surface area contributed by atoms with Gasteiger partial charge in [0.05, 0.1) is 4.88 Å². The normalized spacial score (nSPS) is 10.6. The molecule has 2 aromatic heterocycles. The standard InChI is InChI=1S/C9H9NOS2/c1-5-7-6(3-4-12-7)13-8(5)9(11)10-2/h3-4H,1-2H3,(H,10,11). The topological polar surface area (TPSA) is 29.1 Å². The molecule has 0 fully saturated rings. The molecule has 2 nitrogen and oxygen atoms in total. The molecular weight excluding hydrogens is 202 g/mol. The molecule has 1 N–H and O–H groups in total. The first kappa shape index (κ1) is 8.72. The number of thiophene rings is 2. The van der Waals surface area contributed by atoms with Crippen LogP contribution >= 0.6 is 22.7 Å². The molecule has 0 aromatic carbocycles. The minimum Gasteiger partial charge on any atom is -0.354 e. The number of hydrogen-bond donors (Lipinski definition) is 1. The molecule has 4 heteroatoms. The first-order valence-corrected chi connectivity index (χ1v) is 5.62. The minimum absolute atomic E-state index is 0.0194. The lowest BCUT2D eigenvalue weighted by Crippen LogP contribution is -2.17. The Morgan fingerprint density at radius 2 is 2.31 bits per heavy atom. The highest BCUT2D eigenvalue weighted by molar-refractivity contribution is 7.28. The average molecular weight is 211 g/mol. The van der Waals surface area contributed by atoms with Crippen molar-refractivity contribution in [3.63, 3.8) is 0 Å². The highest BCUT2D eigenvalue weighted by Crippen LogP contribution is 2.34. The molecule has 0 aliphatic heterocycles. The van der Waals surface area contributed by atoms with Crippen molar-refractivity contribution in [3.8, 4) is 0 Å². The van der Waals surface area contributed by atoms with Gasteiger partial charge in [0.15, 0.2) is 0 Å². The van der Waals surface area contributed by atoms with Gasteiger partial charge in [-0.05, 0) is 23.9 Å². The number of carbonyl (C=O) groups is 1. The molecule has 0 saturated heterocycles. The Bertz CT molecular complexity index is 455. The van der Waals surface area contributed by atoms with Gasteiger partial charge in [-0.25, -0.2) is 0 Å². The fourth-order valence-corrected chi connectivity index (χ4v) is 3.55. The van der Waals surface area contributed by atoms with Gasteiger partial charge in [-0.15, -0.1) is 22.7 Å². The fourth-order valence-electron chi connectivity index (χ4n) is 1.27. The van der Waals surface area contributed by atoms with Gasteiger partial charge in [0.25, 0.3) is 5.91 Å². The summed E-state index contributed by atoms with van der Waals surface area (Å²) in [7, 11) is 1.66. The average Bonchev–Trinajstić information content (AvgIpc) is 2.68. The van der Waals surface area contributed by atoms with Gasteiger partial charge in [0.2, 0.25) is 0 Å². The van der Waals surface area contributed by atoms with Crippen molar-refractivity contribution in [1.82, 2.24) is 5.32 Å². The summed E-state index contributed by atoms with van der Waals surface area (Å²) in [5, 5.41) is 4.71. The lowest BCUT2D eigenvalue weighted by molar-refractivity contribution is 0.0966. The summed E-state index contributed by atoms with van der Waals surface area (Å²) in [5.41, 5.74) is 1.11. The number of carbonyl (C=O) groups excluding carboxylic acids is 1. The predicted octanol–water partition coefficient (Wildman–Crippen LogP) is 2.63. The molecule has 2 rings (SSSR count). The van der Waals surface area contributed by atoms with Crippen molar-refractivity contribution >= 4 is 38.0 Å². The number of amides is 1. The third-order valence-corrected chi connectivity index (χ3v) is 4.37. The van der Waals surface area contributed by atoms with Crippen molar-refractivity contribution in [3.05, 3.63) is 21.9 Å². The van der Waals surface area contributed by atoms with E-state index in [0.29, 0.717) is 0 Å². The molecular formula is C9H9NOS2. The Morgan fingerprint density at radius 3 is 2.92 bits per heavy atom. The van der Waals surface area contributed by atoms with E-state index >= 15 is 0 Å². The van der Waals surface area contributed by atoms with Crippen molar-refractivity contribution < 1.29 is 4.79 Å². The number of hydrogen-bond acceptors (Lipinski definition) is 3. The van der Waals surface area contributed by atoms with E-state index in [2.05, 4.69) is 16.8 Å². The van der Waals surface area contributed by atoms with Crippen LogP contribution in [0.5, 0.6) is 0 Å². The van der Waals surface area contributed by atoms with Gasteiger partial charge in [-0.1, -0.05) is 0 Å². The van der Waals surface area contributed by atoms with E-state index in [1.54, 1.807) is 29.7 Å². The Balaban J connectivity index is 2.64. The molecule has 13 heavy (non-hydrogen) atoms. The van der Waals surface area contributed by atoms with Crippen LogP contribution in [0, 0.1) is 6.92 Å². The maximum atomic E-state index is 11.4. The van der Waals surface area contributed by atoms with Gasteiger partial charge < -0.3 is 5.32 Å². The number of fused-ring (bicyclic) bond motifs is 1. The molecule has 68 valence electrons. The Labute approximate surface area is 84.2 Å². The Kier molecular flexibility index (Phi) is 2.09. The van der Waals surface area contributed by atoms with E-state index in [0.717, 1.165) is 10.4 Å². The van der Waals surface area contributed by atoms with E-state index in [9.17, 15) is 4.79 Å². The lowest BCUT2D eigenvalue weighted by Gasteiger charge is -1.95. The molecule has 0 unspecified atom stereocenters. The Hall–Kier alpha value is -0.870. The van der Waals surface area contributed by atoms with Crippen LogP contribution in [0.25, 0.3) is 9.40 Å². The second kappa shape index (κ2) is 3.12. The highest BCUT2D eigenvalue weighted by Gasteiger charge is 2.14. The molecule has 0 spiro atoms. The van der Waals surface area contributed by atoms with Crippen molar-refractivity contribution in [1.29, 1.82) is 0 Å². The van der Waals surface area contributed by atoms with E-state index in [1.807, 2.05) is 6.92 Å². The Morgan fingerprint density at radius 1 is 1.54 bits per heavy atom. The minimum atomic E-state index is 0.0194. The molecule has 0 radical (unpaired) electrons. The second-order valence-corrected chi connectivity index (χ2v) is 4.72. The molecule has 0 saturated carbocycles. The maximum absolute atomic E-state index is 11.4. The second-order valence-electron chi connectivity index (χ2n) is 2.75. The molecule has 0 bridgehead atoms. The summed E-state index contributed by atoms with van der Waals surface area (Å²) in [6.45, 7) is 2.00. The van der Waals surface area contributed by atoms with Gasteiger partial charge in [-0.3, -0.25) is 4.79 Å². The molecule has 1 amide bonds. The quantitative estimate of drug-likeness (QED) is 0.772. The first-order valence-electron chi connectivity index (χ1n) is 3.92. The van der Waals surface area contributed by atoms with Crippen LogP contribution in [0.3, 0.4) is 0 Å². The SMILES string of the molecule is CNC(=O)c1sc2ccsc2c1C. The van der Waals surface area contributed by atoms with E-state index in [-0.39, 0.29) is 5.91 Å². The summed E-state index contributed by atoms with van der Waals surface area (Å²) in [5.74, 6) is 0.0194. The first-order chi connectivity index (χ1) is 6.24. The zero-order chi connectivity index (χ0) is 9.42. The van der Waals surface area contributed by atoms with Crippen molar-refractivity contribution in [2.75, 3.05) is 7.05 Å². The predicted molar refractivity (Wildman–Crippen MR) is 57.8 cm³/mol. The summed E-state index contributed by atoms with van der Waals surface area (Å²) >= 11 is 3.25. The summed E-state index contributed by atoms with van der Waals surface area (Å²) < 4.78 is 2.45. The van der Waals surface area contributed by atoms with E-state index in [1.165, 1.54) is 9.40 Å². The monoisotopic (exact) mass is 211 g/mol. The third-order valence-electron chi connectivity index (χ3n) is 1.96. The summed E-state index contributed by atoms with van der Waals surface area (Å²) in [4.78, 5) is 12.2. The van der Waals surface area contributed by atoms with Crippen LogP contribution in [0.1, 0.15) is 15.2 Å². The van der Waals surface area contributed by atoms with Crippen LogP contribution < -0.4 is 5.32 Å². The van der Waals surface area contributed by atoms with Crippen LogP contribution in [-0.2, 0) is 0 Å². The van der Waals surface area contributed by atoms with Gasteiger partial charge >= 0.3 is 0 Å². The summed E-state index contributed by atoms with van der Waals surface area (Å²) in [6, 6.07) is 2.06. The van der Waals surface area contributed by atoms with Crippen molar-refractivity contribution in [2.45, 2.75) is 6.92 Å². The zero-order valence-electron chi connectivity index (χ0n) is 7.38. The lowest BCUT2D eigenvalue weighted by atomic mass is 10.2. The molecule has 0 aliphatic rings. The number of nitrogens with one attached hydrogen (secondary N) is 1. The van der Waals surface area contributed by atoms with Gasteiger partial charge in [-0.2, -0.15) is 0 Å². The zero-order valence-corrected chi connectivity index (χ0v) is 9.01. The molecule has 2 heterocycles.